The van der Waals surface area contributed by atoms with Gasteiger partial charge in [0.2, 0.25) is 0 Å². The maximum atomic E-state index is 9.60. The van der Waals surface area contributed by atoms with Gasteiger partial charge in [-0.05, 0) is 36.8 Å². The molecule has 1 aliphatic carbocycles. The molecular weight excluding hydrogens is 276 g/mol. The van der Waals surface area contributed by atoms with E-state index in [0.717, 1.165) is 32.5 Å². The lowest BCUT2D eigenvalue weighted by molar-refractivity contribution is 0.0791. The van der Waals surface area contributed by atoms with Crippen LogP contribution in [0.25, 0.3) is 0 Å². The first-order chi connectivity index (χ1) is 10.7. The molecule has 1 aromatic carbocycles. The molecule has 0 bridgehead atoms. The molecule has 5 heteroatoms. The Bertz CT molecular complexity index is 519. The first kappa shape index (κ1) is 15.3. The van der Waals surface area contributed by atoms with Gasteiger partial charge in [0.15, 0.2) is 5.96 Å². The second kappa shape index (κ2) is 7.11. The van der Waals surface area contributed by atoms with Gasteiger partial charge in [-0.2, -0.15) is 0 Å². The number of piperidine rings is 1. The number of rotatable bonds is 5. The van der Waals surface area contributed by atoms with E-state index in [1.54, 1.807) is 0 Å². The number of hydrogen-bond donors (Lipinski definition) is 3. The number of aliphatic imine (C=N–C) groups is 1. The minimum Gasteiger partial charge on any atom is -0.393 e. The molecule has 4 N–H and O–H groups in total. The number of guanidine groups is 1. The van der Waals surface area contributed by atoms with Crippen molar-refractivity contribution in [1.29, 1.82) is 0 Å². The summed E-state index contributed by atoms with van der Waals surface area (Å²) in [5.41, 5.74) is 8.45. The van der Waals surface area contributed by atoms with E-state index in [1.807, 2.05) is 0 Å². The van der Waals surface area contributed by atoms with Gasteiger partial charge < -0.3 is 16.2 Å². The Morgan fingerprint density at radius 3 is 2.55 bits per heavy atom. The molecule has 22 heavy (non-hydrogen) atoms. The van der Waals surface area contributed by atoms with E-state index in [2.05, 4.69) is 39.5 Å². The van der Waals surface area contributed by atoms with Gasteiger partial charge in [-0.15, -0.1) is 0 Å². The van der Waals surface area contributed by atoms with Crippen molar-refractivity contribution in [2.75, 3.05) is 13.1 Å². The summed E-state index contributed by atoms with van der Waals surface area (Å²) in [6, 6.07) is 8.97. The number of benzene rings is 1. The van der Waals surface area contributed by atoms with Gasteiger partial charge in [-0.3, -0.25) is 4.90 Å². The molecule has 1 aromatic rings. The fraction of sp³-hybridized carbons (Fsp3) is 0.588. The maximum absolute atomic E-state index is 9.60. The van der Waals surface area contributed by atoms with Crippen LogP contribution in [-0.2, 0) is 13.1 Å². The number of nitrogens with two attached hydrogens (primary N) is 1. The predicted octanol–water partition coefficient (Wildman–Crippen LogP) is 1.21. The van der Waals surface area contributed by atoms with Crippen molar-refractivity contribution >= 4 is 5.96 Å². The fourth-order valence-corrected chi connectivity index (χ4v) is 2.84. The number of nitrogens with one attached hydrogen (secondary N) is 1. The minimum atomic E-state index is -0.121. The Balaban J connectivity index is 1.59. The monoisotopic (exact) mass is 302 g/mol. The van der Waals surface area contributed by atoms with Crippen molar-refractivity contribution in [2.45, 2.75) is 50.9 Å². The Labute approximate surface area is 132 Å². The molecule has 1 saturated carbocycles. The Morgan fingerprint density at radius 2 is 1.86 bits per heavy atom. The van der Waals surface area contributed by atoms with E-state index >= 15 is 0 Å². The summed E-state index contributed by atoms with van der Waals surface area (Å²) in [5, 5.41) is 12.8. The lowest BCUT2D eigenvalue weighted by Crippen LogP contribution is -2.35. The Morgan fingerprint density at radius 1 is 1.18 bits per heavy atom. The van der Waals surface area contributed by atoms with Crippen LogP contribution in [0.5, 0.6) is 0 Å². The molecule has 1 aliphatic heterocycles. The number of aliphatic hydroxyl groups excluding tert-OH is 1. The third-order valence-electron chi connectivity index (χ3n) is 4.42. The Hall–Kier alpha value is -1.59. The van der Waals surface area contributed by atoms with Crippen molar-refractivity contribution < 1.29 is 5.11 Å². The minimum absolute atomic E-state index is 0.121. The largest absolute Gasteiger partial charge is 0.393 e. The zero-order chi connectivity index (χ0) is 15.4. The zero-order valence-corrected chi connectivity index (χ0v) is 13.0. The molecular formula is C17H26N4O. The summed E-state index contributed by atoms with van der Waals surface area (Å²) in [7, 11) is 0. The summed E-state index contributed by atoms with van der Waals surface area (Å²) in [6.45, 7) is 3.47. The van der Waals surface area contributed by atoms with Crippen LogP contribution in [0.3, 0.4) is 0 Å². The van der Waals surface area contributed by atoms with Crippen LogP contribution in [-0.4, -0.2) is 41.2 Å². The molecule has 0 atom stereocenters. The predicted molar refractivity (Wildman–Crippen MR) is 88.4 cm³/mol. The van der Waals surface area contributed by atoms with E-state index < -0.39 is 0 Å². The maximum Gasteiger partial charge on any atom is 0.189 e. The average molecular weight is 302 g/mol. The van der Waals surface area contributed by atoms with Crippen LogP contribution in [0.2, 0.25) is 0 Å². The first-order valence-corrected chi connectivity index (χ1v) is 8.24. The van der Waals surface area contributed by atoms with Crippen LogP contribution in [0.1, 0.15) is 36.8 Å². The standard InChI is InChI=1S/C17H26N4O/c18-17(20-15-5-6-15)19-11-13-3-1-2-4-14(13)12-21-9-7-16(22)8-10-21/h1-4,15-16,22H,5-12H2,(H3,18,19,20). The average Bonchev–Trinajstić information content (AvgIpc) is 3.33. The van der Waals surface area contributed by atoms with E-state index in [-0.39, 0.29) is 6.10 Å². The summed E-state index contributed by atoms with van der Waals surface area (Å²) in [6.07, 6.45) is 4.03. The molecule has 0 aromatic heterocycles. The van der Waals surface area contributed by atoms with Crippen LogP contribution >= 0.6 is 0 Å². The number of nitrogens with zero attached hydrogens (tertiary/aromatic N) is 2. The zero-order valence-electron chi connectivity index (χ0n) is 13.0. The molecule has 3 rings (SSSR count). The van der Waals surface area contributed by atoms with Crippen molar-refractivity contribution in [3.8, 4) is 0 Å². The second-order valence-corrected chi connectivity index (χ2v) is 6.40. The molecule has 2 fully saturated rings. The van der Waals surface area contributed by atoms with Crippen LogP contribution < -0.4 is 11.1 Å². The van der Waals surface area contributed by atoms with Gasteiger partial charge >= 0.3 is 0 Å². The van der Waals surface area contributed by atoms with Gasteiger partial charge in [0.05, 0.1) is 12.6 Å². The number of aliphatic hydroxyl groups is 1. The van der Waals surface area contributed by atoms with Gasteiger partial charge in [-0.25, -0.2) is 4.99 Å². The summed E-state index contributed by atoms with van der Waals surface area (Å²) in [5.74, 6) is 0.554. The molecule has 5 nitrogen and oxygen atoms in total. The van der Waals surface area contributed by atoms with Crippen molar-refractivity contribution in [2.24, 2.45) is 10.7 Å². The van der Waals surface area contributed by atoms with E-state index in [1.165, 1.54) is 24.0 Å². The molecule has 1 heterocycles. The molecule has 120 valence electrons. The highest BCUT2D eigenvalue weighted by molar-refractivity contribution is 5.78. The van der Waals surface area contributed by atoms with E-state index in [9.17, 15) is 5.11 Å². The molecule has 1 saturated heterocycles. The SMILES string of the molecule is NC(=NCc1ccccc1CN1CCC(O)CC1)NC1CC1. The van der Waals surface area contributed by atoms with Crippen molar-refractivity contribution in [1.82, 2.24) is 10.2 Å². The molecule has 0 amide bonds. The Kier molecular flexibility index (Phi) is 4.95. The van der Waals surface area contributed by atoms with Crippen LogP contribution in [0, 0.1) is 0 Å². The highest BCUT2D eigenvalue weighted by Crippen LogP contribution is 2.19. The second-order valence-electron chi connectivity index (χ2n) is 6.40. The lowest BCUT2D eigenvalue weighted by atomic mass is 10.0. The normalized spacial score (nSPS) is 21.0. The first-order valence-electron chi connectivity index (χ1n) is 8.24. The summed E-state index contributed by atoms with van der Waals surface area (Å²) < 4.78 is 0. The smallest absolute Gasteiger partial charge is 0.189 e. The third-order valence-corrected chi connectivity index (χ3v) is 4.42. The molecule has 0 spiro atoms. The molecule has 2 aliphatic rings. The summed E-state index contributed by atoms with van der Waals surface area (Å²) >= 11 is 0. The van der Waals surface area contributed by atoms with Gasteiger partial charge in [0, 0.05) is 25.7 Å². The van der Waals surface area contributed by atoms with Gasteiger partial charge in [0.1, 0.15) is 0 Å². The van der Waals surface area contributed by atoms with Crippen molar-refractivity contribution in [3.63, 3.8) is 0 Å². The quantitative estimate of drug-likeness (QED) is 0.564. The fourth-order valence-electron chi connectivity index (χ4n) is 2.84. The lowest BCUT2D eigenvalue weighted by Gasteiger charge is -2.30. The highest BCUT2D eigenvalue weighted by Gasteiger charge is 2.21. The molecule has 0 unspecified atom stereocenters. The van der Waals surface area contributed by atoms with Crippen LogP contribution in [0.4, 0.5) is 0 Å². The summed E-state index contributed by atoms with van der Waals surface area (Å²) in [4.78, 5) is 6.87. The number of likely N-dealkylation sites (tertiary alicyclic amines) is 1. The molecule has 0 radical (unpaired) electrons. The van der Waals surface area contributed by atoms with Gasteiger partial charge in [-0.1, -0.05) is 24.3 Å². The van der Waals surface area contributed by atoms with Crippen LogP contribution in [0.15, 0.2) is 29.3 Å². The number of hydrogen-bond acceptors (Lipinski definition) is 3. The van der Waals surface area contributed by atoms with Gasteiger partial charge in [0.25, 0.3) is 0 Å². The highest BCUT2D eigenvalue weighted by atomic mass is 16.3. The van der Waals surface area contributed by atoms with E-state index in [0.29, 0.717) is 18.5 Å². The topological polar surface area (TPSA) is 73.9 Å². The van der Waals surface area contributed by atoms with Crippen molar-refractivity contribution in [3.05, 3.63) is 35.4 Å². The van der Waals surface area contributed by atoms with E-state index in [4.69, 9.17) is 5.73 Å². The third kappa shape index (κ3) is 4.45.